The second-order valence-electron chi connectivity index (χ2n) is 7.41. The normalized spacial score (nSPS) is 13.1. The van der Waals surface area contributed by atoms with Gasteiger partial charge in [-0.15, -0.1) is 5.10 Å². The molecule has 1 aromatic carbocycles. The molecular formula is C22H15F6N5O2. The largest absolute Gasteiger partial charge is 0.418 e. The Morgan fingerprint density at radius 1 is 0.886 bits per heavy atom. The Labute approximate surface area is 193 Å². The molecule has 3 heterocycles. The summed E-state index contributed by atoms with van der Waals surface area (Å²) in [5.41, 5.74) is -2.52. The first-order chi connectivity index (χ1) is 16.5. The number of aliphatic hydroxyl groups excluding tert-OH is 2. The van der Waals surface area contributed by atoms with Crippen LogP contribution in [0.5, 0.6) is 0 Å². The zero-order valence-electron chi connectivity index (χ0n) is 17.4. The number of halogens is 6. The van der Waals surface area contributed by atoms with Crippen LogP contribution >= 0.6 is 0 Å². The Morgan fingerprint density at radius 2 is 1.66 bits per heavy atom. The number of aliphatic hydroxyl groups is 2. The molecule has 13 heteroatoms. The number of fused-ring (bicyclic) bond motifs is 1. The van der Waals surface area contributed by atoms with Gasteiger partial charge < -0.3 is 15.5 Å². The summed E-state index contributed by atoms with van der Waals surface area (Å²) in [6, 6.07) is 6.91. The van der Waals surface area contributed by atoms with Gasteiger partial charge in [-0.2, -0.15) is 31.4 Å². The highest BCUT2D eigenvalue weighted by molar-refractivity contribution is 5.95. The molecule has 0 saturated carbocycles. The maximum atomic E-state index is 13.7. The summed E-state index contributed by atoms with van der Waals surface area (Å²) < 4.78 is 79.3. The molecule has 3 N–H and O–H groups in total. The first-order valence-electron chi connectivity index (χ1n) is 9.89. The SMILES string of the molecule is OCC(O)c1cnc(-c2ccc3c(Nc4ccc(C(F)(F)F)cn4)nncc3c2)c(C(F)(F)F)c1. The number of rotatable bonds is 5. The van der Waals surface area contributed by atoms with Crippen molar-refractivity contribution in [3.05, 3.63) is 71.7 Å². The highest BCUT2D eigenvalue weighted by atomic mass is 19.4. The molecule has 3 aromatic heterocycles. The van der Waals surface area contributed by atoms with Gasteiger partial charge >= 0.3 is 12.4 Å². The van der Waals surface area contributed by atoms with Crippen molar-refractivity contribution in [2.24, 2.45) is 0 Å². The number of nitrogens with one attached hydrogen (secondary N) is 1. The van der Waals surface area contributed by atoms with Crippen LogP contribution in [-0.2, 0) is 12.4 Å². The third kappa shape index (κ3) is 5.15. The van der Waals surface area contributed by atoms with Crippen LogP contribution in [0.3, 0.4) is 0 Å². The molecule has 0 spiro atoms. The monoisotopic (exact) mass is 495 g/mol. The number of aromatic nitrogens is 4. The molecule has 0 radical (unpaired) electrons. The highest BCUT2D eigenvalue weighted by Crippen LogP contribution is 2.38. The number of anilines is 2. The molecule has 35 heavy (non-hydrogen) atoms. The predicted octanol–water partition coefficient (Wildman–Crippen LogP) is 4.89. The minimum Gasteiger partial charge on any atom is -0.393 e. The maximum absolute atomic E-state index is 13.7. The summed E-state index contributed by atoms with van der Waals surface area (Å²) in [5.74, 6) is 0.189. The molecule has 0 aliphatic rings. The van der Waals surface area contributed by atoms with Crippen molar-refractivity contribution in [3.63, 3.8) is 0 Å². The van der Waals surface area contributed by atoms with E-state index in [0.29, 0.717) is 17.0 Å². The Morgan fingerprint density at radius 3 is 2.29 bits per heavy atom. The first-order valence-corrected chi connectivity index (χ1v) is 9.89. The molecule has 0 bridgehead atoms. The van der Waals surface area contributed by atoms with Crippen LogP contribution in [0.1, 0.15) is 22.8 Å². The smallest absolute Gasteiger partial charge is 0.393 e. The van der Waals surface area contributed by atoms with Crippen LogP contribution in [-0.4, -0.2) is 37.0 Å². The molecule has 0 amide bonds. The molecular weight excluding hydrogens is 480 g/mol. The number of nitrogens with zero attached hydrogens (tertiary/aromatic N) is 4. The number of hydrogen-bond donors (Lipinski definition) is 3. The molecule has 0 fully saturated rings. The summed E-state index contributed by atoms with van der Waals surface area (Å²) >= 11 is 0. The molecule has 0 saturated heterocycles. The Balaban J connectivity index is 1.72. The van der Waals surface area contributed by atoms with Gasteiger partial charge in [-0.05, 0) is 30.3 Å². The fraction of sp³-hybridized carbons (Fsp3) is 0.182. The van der Waals surface area contributed by atoms with Gasteiger partial charge in [0.2, 0.25) is 0 Å². The lowest BCUT2D eigenvalue weighted by molar-refractivity contribution is -0.138. The van der Waals surface area contributed by atoms with Crippen LogP contribution in [0.4, 0.5) is 38.0 Å². The van der Waals surface area contributed by atoms with Gasteiger partial charge in [0, 0.05) is 34.3 Å². The quantitative estimate of drug-likeness (QED) is 0.339. The minimum atomic E-state index is -4.79. The van der Waals surface area contributed by atoms with Gasteiger partial charge in [-0.1, -0.05) is 6.07 Å². The average molecular weight is 495 g/mol. The van der Waals surface area contributed by atoms with Gasteiger partial charge in [0.15, 0.2) is 5.82 Å². The second-order valence-corrected chi connectivity index (χ2v) is 7.41. The van der Waals surface area contributed by atoms with E-state index in [2.05, 4.69) is 25.5 Å². The molecule has 7 nitrogen and oxygen atoms in total. The standard InChI is InChI=1S/C22H15F6N5O2/c23-21(24,25)14-2-4-18(29-9-14)32-20-15-3-1-11(5-12(15)8-31-33-20)19-16(22(26,27)28)6-13(7-30-19)17(35)10-34/h1-9,17,34-35H,10H2,(H,29,32,33). The van der Waals surface area contributed by atoms with Crippen molar-refractivity contribution in [2.75, 3.05) is 11.9 Å². The van der Waals surface area contributed by atoms with Gasteiger partial charge in [0.25, 0.3) is 0 Å². The van der Waals surface area contributed by atoms with Crippen LogP contribution in [0.25, 0.3) is 22.0 Å². The lowest BCUT2D eigenvalue weighted by Crippen LogP contribution is -2.12. The van der Waals surface area contributed by atoms with Gasteiger partial charge in [-0.3, -0.25) is 4.98 Å². The van der Waals surface area contributed by atoms with E-state index in [1.165, 1.54) is 24.4 Å². The van der Waals surface area contributed by atoms with Crippen molar-refractivity contribution < 1.29 is 36.6 Å². The maximum Gasteiger partial charge on any atom is 0.418 e. The fourth-order valence-electron chi connectivity index (χ4n) is 3.30. The first kappa shape index (κ1) is 24.3. The number of pyridine rings is 2. The molecule has 0 aliphatic heterocycles. The molecule has 1 atom stereocenters. The van der Waals surface area contributed by atoms with E-state index in [4.69, 9.17) is 5.11 Å². The number of hydrogen-bond acceptors (Lipinski definition) is 7. The summed E-state index contributed by atoms with van der Waals surface area (Å²) in [6.45, 7) is -0.767. The number of alkyl halides is 6. The zero-order chi connectivity index (χ0) is 25.4. The average Bonchev–Trinajstić information content (AvgIpc) is 2.82. The summed E-state index contributed by atoms with van der Waals surface area (Å²) in [4.78, 5) is 7.57. The van der Waals surface area contributed by atoms with Crippen molar-refractivity contribution in [2.45, 2.75) is 18.5 Å². The van der Waals surface area contributed by atoms with Gasteiger partial charge in [0.1, 0.15) is 11.9 Å². The Bertz CT molecular complexity index is 1360. The van der Waals surface area contributed by atoms with E-state index < -0.39 is 41.9 Å². The van der Waals surface area contributed by atoms with Crippen molar-refractivity contribution in [1.82, 2.24) is 20.2 Å². The molecule has 4 rings (SSSR count). The summed E-state index contributed by atoms with van der Waals surface area (Å²) in [6.07, 6.45) is -7.85. The van der Waals surface area contributed by atoms with E-state index in [9.17, 15) is 31.4 Å². The van der Waals surface area contributed by atoms with Crippen LogP contribution in [0.2, 0.25) is 0 Å². The third-order valence-corrected chi connectivity index (χ3v) is 5.04. The Hall–Kier alpha value is -3.84. The van der Waals surface area contributed by atoms with Crippen molar-refractivity contribution >= 4 is 22.4 Å². The van der Waals surface area contributed by atoms with Crippen LogP contribution in [0.15, 0.2) is 55.0 Å². The van der Waals surface area contributed by atoms with E-state index in [1.807, 2.05) is 0 Å². The molecule has 1 unspecified atom stereocenters. The van der Waals surface area contributed by atoms with E-state index in [-0.39, 0.29) is 22.8 Å². The van der Waals surface area contributed by atoms with Gasteiger partial charge in [0.05, 0.1) is 29.6 Å². The third-order valence-electron chi connectivity index (χ3n) is 5.04. The number of benzene rings is 1. The topological polar surface area (TPSA) is 104 Å². The van der Waals surface area contributed by atoms with E-state index >= 15 is 0 Å². The molecule has 4 aromatic rings. The lowest BCUT2D eigenvalue weighted by Gasteiger charge is -2.16. The summed E-state index contributed by atoms with van der Waals surface area (Å²) in [7, 11) is 0. The predicted molar refractivity (Wildman–Crippen MR) is 112 cm³/mol. The van der Waals surface area contributed by atoms with E-state index in [1.54, 1.807) is 0 Å². The molecule has 182 valence electrons. The lowest BCUT2D eigenvalue weighted by atomic mass is 10.00. The van der Waals surface area contributed by atoms with Crippen molar-refractivity contribution in [1.29, 1.82) is 0 Å². The Kier molecular flexibility index (Phi) is 6.30. The zero-order valence-corrected chi connectivity index (χ0v) is 17.4. The van der Waals surface area contributed by atoms with Crippen LogP contribution in [0, 0.1) is 0 Å². The van der Waals surface area contributed by atoms with Gasteiger partial charge in [-0.25, -0.2) is 4.98 Å². The highest BCUT2D eigenvalue weighted by Gasteiger charge is 2.35. The molecule has 0 aliphatic carbocycles. The van der Waals surface area contributed by atoms with E-state index in [0.717, 1.165) is 24.4 Å². The second kappa shape index (κ2) is 9.07. The fourth-order valence-corrected chi connectivity index (χ4v) is 3.30. The van der Waals surface area contributed by atoms with Crippen LogP contribution < -0.4 is 5.32 Å². The summed E-state index contributed by atoms with van der Waals surface area (Å²) in [5, 5.41) is 30.0. The minimum absolute atomic E-state index is 0.0583. The van der Waals surface area contributed by atoms with Crippen molar-refractivity contribution in [3.8, 4) is 11.3 Å².